The maximum absolute atomic E-state index is 10.7. The summed E-state index contributed by atoms with van der Waals surface area (Å²) in [5, 5.41) is 21.2. The quantitative estimate of drug-likeness (QED) is 0.731. The maximum atomic E-state index is 10.7. The van der Waals surface area contributed by atoms with Gasteiger partial charge in [0.15, 0.2) is 0 Å². The summed E-state index contributed by atoms with van der Waals surface area (Å²) in [6.07, 6.45) is 2.43. The third kappa shape index (κ3) is 1.13. The molecule has 1 N–H and O–H groups in total. The first-order valence-electron chi connectivity index (χ1n) is 5.65. The van der Waals surface area contributed by atoms with Gasteiger partial charge in [0.2, 0.25) is 0 Å². The Bertz CT molecular complexity index is 310. The lowest BCUT2D eigenvalue weighted by Gasteiger charge is -2.45. The minimum atomic E-state index is -1.14. The number of rotatable bonds is 2. The number of hydrogen-bond donors (Lipinski definition) is 1. The predicted molar refractivity (Wildman–Crippen MR) is 53.8 cm³/mol. The number of aliphatic carboxylic acids is 1. The smallest absolute Gasteiger partial charge is 0.0761 e. The van der Waals surface area contributed by atoms with Crippen LogP contribution in [0.2, 0.25) is 0 Å². The van der Waals surface area contributed by atoms with E-state index in [1.807, 2.05) is 6.92 Å². The van der Waals surface area contributed by atoms with Gasteiger partial charge in [0.1, 0.15) is 0 Å². The van der Waals surface area contributed by atoms with Crippen LogP contribution >= 0.6 is 0 Å². The number of hydrogen-bond acceptors (Lipinski definition) is 3. The molecule has 3 nitrogen and oxygen atoms in total. The van der Waals surface area contributed by atoms with Crippen LogP contribution in [-0.4, -0.2) is 16.7 Å². The molecule has 2 saturated carbocycles. The topological polar surface area (TPSA) is 60.4 Å². The molecule has 2 fully saturated rings. The van der Waals surface area contributed by atoms with E-state index >= 15 is 0 Å². The Hall–Kier alpha value is -0.570. The summed E-state index contributed by atoms with van der Waals surface area (Å²) in [5.74, 6) is -0.686. The van der Waals surface area contributed by atoms with Crippen LogP contribution in [0.3, 0.4) is 0 Å². The van der Waals surface area contributed by atoms with Gasteiger partial charge in [-0.1, -0.05) is 20.8 Å². The number of fused-ring (bicyclic) bond motifs is 2. The molecule has 0 aliphatic heterocycles. The minimum absolute atomic E-state index is 0.0389. The Balaban J connectivity index is 2.36. The molecule has 0 radical (unpaired) electrons. The summed E-state index contributed by atoms with van der Waals surface area (Å²) >= 11 is 0. The van der Waals surface area contributed by atoms with Gasteiger partial charge in [-0.15, -0.1) is 0 Å². The molecule has 86 valence electrons. The first-order chi connectivity index (χ1) is 6.73. The van der Waals surface area contributed by atoms with Crippen molar-refractivity contribution in [2.24, 2.45) is 16.7 Å². The van der Waals surface area contributed by atoms with Crippen molar-refractivity contribution in [2.45, 2.75) is 52.1 Å². The predicted octanol–water partition coefficient (Wildman–Crippen LogP) is 0.704. The summed E-state index contributed by atoms with van der Waals surface area (Å²) in [7, 11) is 0. The van der Waals surface area contributed by atoms with Crippen LogP contribution in [0.25, 0.3) is 0 Å². The van der Waals surface area contributed by atoms with Crippen LogP contribution in [0.1, 0.15) is 46.5 Å². The Morgan fingerprint density at radius 3 is 2.40 bits per heavy atom. The average Bonchev–Trinajstić information content (AvgIpc) is 2.34. The molecule has 2 rings (SSSR count). The molecule has 2 aliphatic carbocycles. The van der Waals surface area contributed by atoms with Gasteiger partial charge in [-0.25, -0.2) is 0 Å². The van der Waals surface area contributed by atoms with Crippen LogP contribution in [0, 0.1) is 16.7 Å². The highest BCUT2D eigenvalue weighted by atomic mass is 16.4. The van der Waals surface area contributed by atoms with Crippen molar-refractivity contribution >= 4 is 5.97 Å². The summed E-state index contributed by atoms with van der Waals surface area (Å²) in [6, 6.07) is 0. The molecule has 0 saturated heterocycles. The largest absolute Gasteiger partial charge is 0.550 e. The number of carbonyl (C=O) groups is 1. The molecule has 3 atom stereocenters. The SMILES string of the molecule is CC1(C)[C@@H]2CC[C@@]1(C)[C@@](O)(CC(=O)[O-])C2. The van der Waals surface area contributed by atoms with Crippen molar-refractivity contribution in [3.63, 3.8) is 0 Å². The normalized spacial score (nSPS) is 47.1. The highest BCUT2D eigenvalue weighted by Gasteiger charge is 2.67. The summed E-state index contributed by atoms with van der Waals surface area (Å²) in [4.78, 5) is 10.7. The molecule has 0 heterocycles. The van der Waals surface area contributed by atoms with Crippen molar-refractivity contribution < 1.29 is 15.0 Å². The molecule has 2 aliphatic rings. The molecule has 0 unspecified atom stereocenters. The average molecular weight is 211 g/mol. The Morgan fingerprint density at radius 2 is 2.07 bits per heavy atom. The van der Waals surface area contributed by atoms with Gasteiger partial charge in [-0.2, -0.15) is 0 Å². The first-order valence-corrected chi connectivity index (χ1v) is 5.65. The molecule has 0 aromatic carbocycles. The summed E-state index contributed by atoms with van der Waals surface area (Å²) < 4.78 is 0. The molecule has 3 heteroatoms. The fourth-order valence-corrected chi connectivity index (χ4v) is 3.92. The fourth-order valence-electron chi connectivity index (χ4n) is 3.92. The van der Waals surface area contributed by atoms with Crippen LogP contribution in [0.4, 0.5) is 0 Å². The van der Waals surface area contributed by atoms with Crippen molar-refractivity contribution in [2.75, 3.05) is 0 Å². The van der Waals surface area contributed by atoms with E-state index in [1.54, 1.807) is 0 Å². The van der Waals surface area contributed by atoms with E-state index in [4.69, 9.17) is 0 Å². The molecular weight excluding hydrogens is 192 g/mol. The first kappa shape index (κ1) is 10.9. The zero-order valence-corrected chi connectivity index (χ0v) is 9.67. The zero-order valence-electron chi connectivity index (χ0n) is 9.67. The number of carbonyl (C=O) groups excluding carboxylic acids is 1. The van der Waals surface area contributed by atoms with Crippen LogP contribution < -0.4 is 5.11 Å². The summed E-state index contributed by atoms with van der Waals surface area (Å²) in [5.41, 5.74) is -1.29. The molecule has 15 heavy (non-hydrogen) atoms. The van der Waals surface area contributed by atoms with Gasteiger partial charge in [-0.05, 0) is 30.6 Å². The third-order valence-electron chi connectivity index (χ3n) is 5.48. The van der Waals surface area contributed by atoms with Crippen LogP contribution in [0.5, 0.6) is 0 Å². The van der Waals surface area contributed by atoms with E-state index in [9.17, 15) is 15.0 Å². The molecule has 0 aromatic rings. The van der Waals surface area contributed by atoms with Gasteiger partial charge in [0.05, 0.1) is 5.60 Å². The Morgan fingerprint density at radius 1 is 1.47 bits per heavy atom. The van der Waals surface area contributed by atoms with E-state index in [0.717, 1.165) is 12.8 Å². The standard InChI is InChI=1S/C12H20O3/c1-10(2)8-4-5-11(10,3)12(15,6-8)7-9(13)14/h8,15H,4-7H2,1-3H3,(H,13,14)/p-1/t8-,11-,12+/m1/s1. The van der Waals surface area contributed by atoms with Crippen molar-refractivity contribution in [1.82, 2.24) is 0 Å². The van der Waals surface area contributed by atoms with Gasteiger partial charge in [0, 0.05) is 17.8 Å². The Labute approximate surface area is 90.5 Å². The van der Waals surface area contributed by atoms with Crippen LogP contribution in [0.15, 0.2) is 0 Å². The zero-order chi connectivity index (χ0) is 11.5. The van der Waals surface area contributed by atoms with Gasteiger partial charge >= 0.3 is 0 Å². The summed E-state index contributed by atoms with van der Waals surface area (Å²) in [6.45, 7) is 6.33. The van der Waals surface area contributed by atoms with Gasteiger partial charge in [-0.3, -0.25) is 0 Å². The van der Waals surface area contributed by atoms with Crippen molar-refractivity contribution in [3.05, 3.63) is 0 Å². The number of aliphatic hydroxyl groups is 1. The number of carboxylic acid groups (broad SMARTS) is 1. The van der Waals surface area contributed by atoms with E-state index in [-0.39, 0.29) is 17.3 Å². The third-order valence-corrected chi connectivity index (χ3v) is 5.48. The highest BCUT2D eigenvalue weighted by molar-refractivity contribution is 5.66. The van der Waals surface area contributed by atoms with E-state index in [1.165, 1.54) is 0 Å². The fraction of sp³-hybridized carbons (Fsp3) is 0.917. The van der Waals surface area contributed by atoms with Crippen LogP contribution in [-0.2, 0) is 4.79 Å². The second-order valence-electron chi connectivity index (χ2n) is 6.07. The molecule has 0 amide bonds. The lowest BCUT2D eigenvalue weighted by molar-refractivity contribution is -0.311. The van der Waals surface area contributed by atoms with E-state index < -0.39 is 11.6 Å². The highest BCUT2D eigenvalue weighted by Crippen LogP contribution is 2.70. The lowest BCUT2D eigenvalue weighted by Crippen LogP contribution is -2.50. The lowest BCUT2D eigenvalue weighted by atomic mass is 9.63. The second kappa shape index (κ2) is 2.76. The maximum Gasteiger partial charge on any atom is 0.0761 e. The Kier molecular flexibility index (Phi) is 2.01. The van der Waals surface area contributed by atoms with E-state index in [2.05, 4.69) is 13.8 Å². The van der Waals surface area contributed by atoms with Gasteiger partial charge in [0.25, 0.3) is 0 Å². The monoisotopic (exact) mass is 211 g/mol. The van der Waals surface area contributed by atoms with Crippen molar-refractivity contribution in [3.8, 4) is 0 Å². The molecular formula is C12H19O3-. The van der Waals surface area contributed by atoms with Crippen molar-refractivity contribution in [1.29, 1.82) is 0 Å². The van der Waals surface area contributed by atoms with E-state index in [0.29, 0.717) is 12.3 Å². The molecule has 2 bridgehead atoms. The molecule has 0 spiro atoms. The van der Waals surface area contributed by atoms with Gasteiger partial charge < -0.3 is 15.0 Å². The second-order valence-corrected chi connectivity index (χ2v) is 6.07. The minimum Gasteiger partial charge on any atom is -0.550 e. The molecule has 0 aromatic heterocycles. The number of carboxylic acids is 1.